The summed E-state index contributed by atoms with van der Waals surface area (Å²) in [4.78, 5) is 17.6. The molecule has 1 N–H and O–H groups in total. The minimum absolute atomic E-state index is 0.00936. The van der Waals surface area contributed by atoms with Gasteiger partial charge in [-0.2, -0.15) is 15.6 Å². The Hall–Kier alpha value is -2.07. The molecule has 1 aliphatic heterocycles. The van der Waals surface area contributed by atoms with E-state index < -0.39 is 10.0 Å². The summed E-state index contributed by atoms with van der Waals surface area (Å²) in [7, 11) is -3.42. The summed E-state index contributed by atoms with van der Waals surface area (Å²) >= 11 is 2.80. The maximum absolute atomic E-state index is 12.9. The number of rotatable bonds is 5. The summed E-state index contributed by atoms with van der Waals surface area (Å²) in [6, 6.07) is 9.32. The number of aromatic nitrogens is 1. The van der Waals surface area contributed by atoms with Crippen molar-refractivity contribution in [1.82, 2.24) is 9.29 Å². The van der Waals surface area contributed by atoms with Crippen LogP contribution in [0.25, 0.3) is 0 Å². The molecule has 1 aliphatic rings. The van der Waals surface area contributed by atoms with Gasteiger partial charge in [0.25, 0.3) is 5.91 Å². The molecule has 3 aromatic rings. The largest absolute Gasteiger partial charge is 0.298 e. The summed E-state index contributed by atoms with van der Waals surface area (Å²) in [6.07, 6.45) is 0.549. The summed E-state index contributed by atoms with van der Waals surface area (Å²) in [6.45, 7) is 2.66. The molecule has 0 bridgehead atoms. The van der Waals surface area contributed by atoms with Crippen molar-refractivity contribution >= 4 is 43.7 Å². The standard InChI is InChI=1S/C19H19N3O3S3/c1-13-3-2-4-14(9-13)12-28(24,25)22-7-5-16-17(10-22)27-19(20-16)21-18(23)15-6-8-26-11-15/h2-4,6,8-9,11H,5,7,10,12H2,1H3,(H,20,21,23). The van der Waals surface area contributed by atoms with Crippen LogP contribution >= 0.6 is 22.7 Å². The van der Waals surface area contributed by atoms with Crippen molar-refractivity contribution in [2.45, 2.75) is 25.6 Å². The highest BCUT2D eigenvalue weighted by Crippen LogP contribution is 2.30. The molecule has 0 atom stereocenters. The number of aryl methyl sites for hydroxylation is 1. The van der Waals surface area contributed by atoms with Gasteiger partial charge in [-0.3, -0.25) is 10.1 Å². The van der Waals surface area contributed by atoms with E-state index in [4.69, 9.17) is 0 Å². The van der Waals surface area contributed by atoms with E-state index in [0.29, 0.717) is 30.2 Å². The zero-order valence-corrected chi connectivity index (χ0v) is 17.7. The molecule has 0 saturated heterocycles. The van der Waals surface area contributed by atoms with Crippen LogP contribution in [-0.2, 0) is 28.7 Å². The third-order valence-corrected chi connectivity index (χ3v) is 8.00. The zero-order chi connectivity index (χ0) is 19.7. The molecule has 0 spiro atoms. The van der Waals surface area contributed by atoms with E-state index >= 15 is 0 Å². The first-order chi connectivity index (χ1) is 13.4. The molecule has 0 unspecified atom stereocenters. The molecule has 1 amide bonds. The first kappa shape index (κ1) is 19.3. The van der Waals surface area contributed by atoms with Gasteiger partial charge in [-0.15, -0.1) is 11.3 Å². The van der Waals surface area contributed by atoms with Crippen molar-refractivity contribution in [3.8, 4) is 0 Å². The fourth-order valence-electron chi connectivity index (χ4n) is 3.13. The molecule has 1 aromatic carbocycles. The maximum atomic E-state index is 12.9. The number of thiophene rings is 1. The highest BCUT2D eigenvalue weighted by atomic mass is 32.2. The Morgan fingerprint density at radius 1 is 1.32 bits per heavy atom. The first-order valence-corrected chi connectivity index (χ1v) is 12.1. The molecule has 0 saturated carbocycles. The third-order valence-electron chi connectivity index (χ3n) is 4.52. The van der Waals surface area contributed by atoms with E-state index in [1.54, 1.807) is 11.4 Å². The smallest absolute Gasteiger partial charge is 0.258 e. The minimum Gasteiger partial charge on any atom is -0.298 e. The molecule has 9 heteroatoms. The molecule has 0 radical (unpaired) electrons. The van der Waals surface area contributed by atoms with E-state index in [1.807, 2.05) is 36.6 Å². The average Bonchev–Trinajstić information content (AvgIpc) is 3.30. The van der Waals surface area contributed by atoms with Gasteiger partial charge in [0, 0.05) is 29.8 Å². The van der Waals surface area contributed by atoms with Crippen LogP contribution in [0.5, 0.6) is 0 Å². The Balaban J connectivity index is 1.47. The molecule has 3 heterocycles. The van der Waals surface area contributed by atoms with Gasteiger partial charge in [0.15, 0.2) is 5.13 Å². The number of thiazole rings is 1. The number of hydrogen-bond acceptors (Lipinski definition) is 6. The number of carbonyl (C=O) groups excluding carboxylic acids is 1. The summed E-state index contributed by atoms with van der Waals surface area (Å²) in [5.74, 6) is -0.207. The van der Waals surface area contributed by atoms with Gasteiger partial charge in [-0.25, -0.2) is 13.4 Å². The second-order valence-corrected chi connectivity index (χ2v) is 10.5. The number of sulfonamides is 1. The zero-order valence-electron chi connectivity index (χ0n) is 15.2. The number of benzene rings is 1. The topological polar surface area (TPSA) is 79.4 Å². The number of hydrogen-bond donors (Lipinski definition) is 1. The van der Waals surface area contributed by atoms with Crippen LogP contribution in [0.3, 0.4) is 0 Å². The van der Waals surface area contributed by atoms with Crippen LogP contribution in [0.1, 0.15) is 32.1 Å². The normalized spacial score (nSPS) is 14.6. The second kappa shape index (κ2) is 7.75. The second-order valence-electron chi connectivity index (χ2n) is 6.68. The van der Waals surface area contributed by atoms with Crippen LogP contribution in [0.2, 0.25) is 0 Å². The van der Waals surface area contributed by atoms with Crippen LogP contribution < -0.4 is 5.32 Å². The highest BCUT2D eigenvalue weighted by Gasteiger charge is 2.29. The Bertz CT molecular complexity index is 1100. The molecule has 0 fully saturated rings. The van der Waals surface area contributed by atoms with Crippen LogP contribution in [0, 0.1) is 6.92 Å². The Labute approximate surface area is 171 Å². The molecule has 0 aliphatic carbocycles. The van der Waals surface area contributed by atoms with Gasteiger partial charge in [-0.05, 0) is 23.9 Å². The Morgan fingerprint density at radius 3 is 2.93 bits per heavy atom. The lowest BCUT2D eigenvalue weighted by molar-refractivity contribution is 0.102. The lowest BCUT2D eigenvalue weighted by Gasteiger charge is -2.25. The van der Waals surface area contributed by atoms with Crippen LogP contribution in [0.4, 0.5) is 5.13 Å². The van der Waals surface area contributed by atoms with Crippen molar-refractivity contribution in [3.05, 3.63) is 68.4 Å². The van der Waals surface area contributed by atoms with Gasteiger partial charge in [0.05, 0.1) is 17.0 Å². The van der Waals surface area contributed by atoms with Crippen molar-refractivity contribution in [1.29, 1.82) is 0 Å². The molecule has 28 heavy (non-hydrogen) atoms. The summed E-state index contributed by atoms with van der Waals surface area (Å²) < 4.78 is 27.2. The molecule has 6 nitrogen and oxygen atoms in total. The minimum atomic E-state index is -3.42. The SMILES string of the molecule is Cc1cccc(CS(=O)(=O)N2CCc3nc(NC(=O)c4ccsc4)sc3C2)c1. The van der Waals surface area contributed by atoms with Crippen molar-refractivity contribution in [2.75, 3.05) is 11.9 Å². The van der Waals surface area contributed by atoms with E-state index in [0.717, 1.165) is 21.7 Å². The average molecular weight is 434 g/mol. The quantitative estimate of drug-likeness (QED) is 0.666. The number of nitrogens with zero attached hydrogens (tertiary/aromatic N) is 2. The first-order valence-electron chi connectivity index (χ1n) is 8.76. The molecular formula is C19H19N3O3S3. The monoisotopic (exact) mass is 433 g/mol. The number of amides is 1. The van der Waals surface area contributed by atoms with E-state index in [2.05, 4.69) is 10.3 Å². The number of fused-ring (bicyclic) bond motifs is 1. The number of nitrogens with one attached hydrogen (secondary N) is 1. The predicted molar refractivity (Wildman–Crippen MR) is 112 cm³/mol. The van der Waals surface area contributed by atoms with Gasteiger partial charge >= 0.3 is 0 Å². The van der Waals surface area contributed by atoms with Crippen LogP contribution in [0.15, 0.2) is 41.1 Å². The lowest BCUT2D eigenvalue weighted by atomic mass is 10.2. The van der Waals surface area contributed by atoms with Gasteiger partial charge in [0.2, 0.25) is 10.0 Å². The van der Waals surface area contributed by atoms with E-state index in [1.165, 1.54) is 27.0 Å². The summed E-state index contributed by atoms with van der Waals surface area (Å²) in [5.41, 5.74) is 3.30. The molecule has 146 valence electrons. The van der Waals surface area contributed by atoms with Gasteiger partial charge in [0.1, 0.15) is 0 Å². The Morgan fingerprint density at radius 2 is 2.18 bits per heavy atom. The van der Waals surface area contributed by atoms with Gasteiger partial charge in [-0.1, -0.05) is 29.8 Å². The van der Waals surface area contributed by atoms with Crippen LogP contribution in [-0.4, -0.2) is 30.2 Å². The molecule has 4 rings (SSSR count). The molecular weight excluding hydrogens is 414 g/mol. The summed E-state index contributed by atoms with van der Waals surface area (Å²) in [5, 5.41) is 6.95. The predicted octanol–water partition coefficient (Wildman–Crippen LogP) is 3.65. The number of carbonyl (C=O) groups is 1. The van der Waals surface area contributed by atoms with E-state index in [9.17, 15) is 13.2 Å². The fourth-order valence-corrected chi connectivity index (χ4v) is 6.34. The lowest BCUT2D eigenvalue weighted by Crippen LogP contribution is -2.36. The molecule has 2 aromatic heterocycles. The number of anilines is 1. The van der Waals surface area contributed by atoms with Gasteiger partial charge < -0.3 is 0 Å². The van der Waals surface area contributed by atoms with Crippen molar-refractivity contribution < 1.29 is 13.2 Å². The third kappa shape index (κ3) is 4.17. The van der Waals surface area contributed by atoms with Crippen molar-refractivity contribution in [2.24, 2.45) is 0 Å². The Kier molecular flexibility index (Phi) is 5.33. The van der Waals surface area contributed by atoms with E-state index in [-0.39, 0.29) is 11.7 Å². The maximum Gasteiger partial charge on any atom is 0.258 e. The highest BCUT2D eigenvalue weighted by molar-refractivity contribution is 7.88. The van der Waals surface area contributed by atoms with Crippen molar-refractivity contribution in [3.63, 3.8) is 0 Å². The fraction of sp³-hybridized carbons (Fsp3) is 0.263.